The van der Waals surface area contributed by atoms with Crippen LogP contribution in [0.5, 0.6) is 0 Å². The predicted octanol–water partition coefficient (Wildman–Crippen LogP) is 2.09. The van der Waals surface area contributed by atoms with E-state index < -0.39 is 0 Å². The van der Waals surface area contributed by atoms with E-state index in [2.05, 4.69) is 51.3 Å². The second-order valence-electron chi connectivity index (χ2n) is 5.03. The number of halogens is 1. The molecule has 0 radical (unpaired) electrons. The quantitative estimate of drug-likeness (QED) is 0.852. The van der Waals surface area contributed by atoms with E-state index in [4.69, 9.17) is 4.74 Å². The summed E-state index contributed by atoms with van der Waals surface area (Å²) in [5, 5.41) is 3.26. The Bertz CT molecular complexity index is 479. The van der Waals surface area contributed by atoms with Crippen molar-refractivity contribution in [2.75, 3.05) is 26.2 Å². The van der Waals surface area contributed by atoms with Crippen LogP contribution in [0, 0.1) is 6.92 Å². The number of carbonyl (C=O) groups excluding carboxylic acids is 1. The summed E-state index contributed by atoms with van der Waals surface area (Å²) >= 11 is 3.51. The lowest BCUT2D eigenvalue weighted by atomic mass is 10.1. The maximum Gasteiger partial charge on any atom is 0.324 e. The first-order chi connectivity index (χ1) is 9.61. The Morgan fingerprint density at radius 3 is 3.05 bits per heavy atom. The molecule has 0 bridgehead atoms. The van der Waals surface area contributed by atoms with E-state index in [1.54, 1.807) is 0 Å². The smallest absolute Gasteiger partial charge is 0.324 e. The van der Waals surface area contributed by atoms with Gasteiger partial charge in [-0.1, -0.05) is 28.1 Å². The van der Waals surface area contributed by atoms with Crippen molar-refractivity contribution in [3.63, 3.8) is 0 Å². The van der Waals surface area contributed by atoms with Crippen LogP contribution in [0.3, 0.4) is 0 Å². The highest BCUT2D eigenvalue weighted by atomic mass is 79.9. The van der Waals surface area contributed by atoms with Gasteiger partial charge in [0, 0.05) is 30.7 Å². The first-order valence-electron chi connectivity index (χ1n) is 6.98. The minimum absolute atomic E-state index is 0.131. The molecule has 1 unspecified atom stereocenters. The number of ether oxygens (including phenoxy) is 1. The molecular formula is C15H21BrN2O2. The molecule has 2 rings (SSSR count). The average Bonchev–Trinajstić information content (AvgIpc) is 2.44. The van der Waals surface area contributed by atoms with Crippen LogP contribution in [0.2, 0.25) is 0 Å². The second kappa shape index (κ2) is 7.20. The van der Waals surface area contributed by atoms with Gasteiger partial charge in [0.15, 0.2) is 0 Å². The second-order valence-corrected chi connectivity index (χ2v) is 5.88. The lowest BCUT2D eigenvalue weighted by molar-refractivity contribution is -0.150. The number of esters is 1. The van der Waals surface area contributed by atoms with Gasteiger partial charge < -0.3 is 10.1 Å². The number of benzene rings is 1. The van der Waals surface area contributed by atoms with Gasteiger partial charge in [-0.3, -0.25) is 9.69 Å². The molecule has 5 heteroatoms. The first kappa shape index (κ1) is 15.5. The topological polar surface area (TPSA) is 41.6 Å². The van der Waals surface area contributed by atoms with Crippen LogP contribution in [-0.2, 0) is 16.1 Å². The molecule has 0 aliphatic carbocycles. The maximum absolute atomic E-state index is 12.0. The molecule has 4 nitrogen and oxygen atoms in total. The molecule has 1 aliphatic heterocycles. The number of piperazine rings is 1. The molecule has 20 heavy (non-hydrogen) atoms. The molecule has 1 aromatic rings. The normalized spacial score (nSPS) is 19.9. The van der Waals surface area contributed by atoms with Crippen LogP contribution in [-0.4, -0.2) is 43.2 Å². The van der Waals surface area contributed by atoms with Gasteiger partial charge in [-0.05, 0) is 31.0 Å². The molecule has 1 fully saturated rings. The Labute approximate surface area is 128 Å². The first-order valence-corrected chi connectivity index (χ1v) is 7.77. The van der Waals surface area contributed by atoms with Crippen molar-refractivity contribution in [3.8, 4) is 0 Å². The predicted molar refractivity (Wildman–Crippen MR) is 82.6 cm³/mol. The van der Waals surface area contributed by atoms with Gasteiger partial charge in [0.25, 0.3) is 0 Å². The van der Waals surface area contributed by atoms with Crippen LogP contribution >= 0.6 is 15.9 Å². The van der Waals surface area contributed by atoms with Crippen molar-refractivity contribution in [2.24, 2.45) is 0 Å². The summed E-state index contributed by atoms with van der Waals surface area (Å²) in [4.78, 5) is 14.2. The van der Waals surface area contributed by atoms with Crippen molar-refractivity contribution in [3.05, 3.63) is 33.8 Å². The van der Waals surface area contributed by atoms with Crippen molar-refractivity contribution in [1.29, 1.82) is 0 Å². The number of nitrogens with zero attached hydrogens (tertiary/aromatic N) is 1. The number of carbonyl (C=O) groups is 1. The van der Waals surface area contributed by atoms with Crippen LogP contribution in [0.1, 0.15) is 18.1 Å². The molecule has 0 amide bonds. The van der Waals surface area contributed by atoms with E-state index in [9.17, 15) is 4.79 Å². The molecule has 0 spiro atoms. The molecule has 1 aromatic carbocycles. The molecule has 110 valence electrons. The number of hydrogen-bond donors (Lipinski definition) is 1. The minimum atomic E-state index is -0.187. The Kier molecular flexibility index (Phi) is 5.57. The molecule has 1 heterocycles. The zero-order chi connectivity index (χ0) is 14.5. The molecule has 0 aromatic heterocycles. The minimum Gasteiger partial charge on any atom is -0.465 e. The fourth-order valence-electron chi connectivity index (χ4n) is 2.45. The number of nitrogens with one attached hydrogen (secondary N) is 1. The molecule has 1 atom stereocenters. The zero-order valence-corrected chi connectivity index (χ0v) is 13.6. The lowest BCUT2D eigenvalue weighted by Crippen LogP contribution is -2.54. The van der Waals surface area contributed by atoms with Gasteiger partial charge in [-0.25, -0.2) is 0 Å². The molecule has 0 saturated carbocycles. The third kappa shape index (κ3) is 3.81. The van der Waals surface area contributed by atoms with E-state index in [1.807, 2.05) is 6.92 Å². The van der Waals surface area contributed by atoms with E-state index >= 15 is 0 Å². The summed E-state index contributed by atoms with van der Waals surface area (Å²) < 4.78 is 6.28. The summed E-state index contributed by atoms with van der Waals surface area (Å²) in [6.45, 7) is 7.56. The van der Waals surface area contributed by atoms with E-state index in [0.717, 1.165) is 24.1 Å². The monoisotopic (exact) mass is 340 g/mol. The fraction of sp³-hybridized carbons (Fsp3) is 0.533. The van der Waals surface area contributed by atoms with Crippen molar-refractivity contribution < 1.29 is 9.53 Å². The average molecular weight is 341 g/mol. The van der Waals surface area contributed by atoms with E-state index in [0.29, 0.717) is 13.2 Å². The van der Waals surface area contributed by atoms with Crippen molar-refractivity contribution in [2.45, 2.75) is 26.4 Å². The number of rotatable bonds is 4. The van der Waals surface area contributed by atoms with E-state index in [1.165, 1.54) is 11.1 Å². The summed E-state index contributed by atoms with van der Waals surface area (Å²) in [6, 6.07) is 6.13. The number of hydrogen-bond acceptors (Lipinski definition) is 4. The van der Waals surface area contributed by atoms with Gasteiger partial charge >= 0.3 is 5.97 Å². The Morgan fingerprint density at radius 1 is 1.55 bits per heavy atom. The van der Waals surface area contributed by atoms with Gasteiger partial charge in [-0.2, -0.15) is 0 Å². The van der Waals surface area contributed by atoms with Crippen molar-refractivity contribution in [1.82, 2.24) is 10.2 Å². The fourth-order valence-corrected chi connectivity index (χ4v) is 2.69. The van der Waals surface area contributed by atoms with Gasteiger partial charge in [-0.15, -0.1) is 0 Å². The van der Waals surface area contributed by atoms with Gasteiger partial charge in [0.05, 0.1) is 6.61 Å². The molecule has 1 N–H and O–H groups in total. The van der Waals surface area contributed by atoms with Crippen molar-refractivity contribution >= 4 is 21.9 Å². The van der Waals surface area contributed by atoms with E-state index in [-0.39, 0.29) is 12.0 Å². The third-order valence-corrected chi connectivity index (χ3v) is 4.41. The van der Waals surface area contributed by atoms with Gasteiger partial charge in [0.1, 0.15) is 6.04 Å². The highest BCUT2D eigenvalue weighted by Crippen LogP contribution is 2.19. The molecular weight excluding hydrogens is 320 g/mol. The Balaban J connectivity index is 2.08. The van der Waals surface area contributed by atoms with Crippen LogP contribution in [0.25, 0.3) is 0 Å². The van der Waals surface area contributed by atoms with Crippen LogP contribution in [0.4, 0.5) is 0 Å². The Hall–Kier alpha value is -0.910. The zero-order valence-electron chi connectivity index (χ0n) is 12.0. The standard InChI is InChI=1S/C15H21BrN2O2/c1-3-20-15(19)14-9-17-6-7-18(14)10-12-4-5-13(16)11(2)8-12/h4-5,8,14,17H,3,6-7,9-10H2,1-2H3. The highest BCUT2D eigenvalue weighted by Gasteiger charge is 2.29. The Morgan fingerprint density at radius 2 is 2.35 bits per heavy atom. The SMILES string of the molecule is CCOC(=O)C1CNCCN1Cc1ccc(Br)c(C)c1. The number of aryl methyl sites for hydroxylation is 1. The third-order valence-electron chi connectivity index (χ3n) is 3.52. The van der Waals surface area contributed by atoms with Crippen LogP contribution in [0.15, 0.2) is 22.7 Å². The highest BCUT2D eigenvalue weighted by molar-refractivity contribution is 9.10. The van der Waals surface area contributed by atoms with Gasteiger partial charge in [0.2, 0.25) is 0 Å². The summed E-state index contributed by atoms with van der Waals surface area (Å²) in [7, 11) is 0. The summed E-state index contributed by atoms with van der Waals surface area (Å²) in [6.07, 6.45) is 0. The summed E-state index contributed by atoms with van der Waals surface area (Å²) in [5.41, 5.74) is 2.44. The lowest BCUT2D eigenvalue weighted by Gasteiger charge is -2.34. The largest absolute Gasteiger partial charge is 0.465 e. The molecule has 1 saturated heterocycles. The maximum atomic E-state index is 12.0. The van der Waals surface area contributed by atoms with Crippen LogP contribution < -0.4 is 5.32 Å². The molecule has 1 aliphatic rings. The summed E-state index contributed by atoms with van der Waals surface area (Å²) in [5.74, 6) is -0.131.